The molecule has 8 heteroatoms. The predicted octanol–water partition coefficient (Wildman–Crippen LogP) is 0.308. The Morgan fingerprint density at radius 2 is 1.76 bits per heavy atom. The van der Waals surface area contributed by atoms with E-state index in [1.807, 2.05) is 0 Å². The lowest BCUT2D eigenvalue weighted by molar-refractivity contribution is 0.0217. The fourth-order valence-electron chi connectivity index (χ4n) is 2.36. The van der Waals surface area contributed by atoms with Crippen LogP contribution < -0.4 is 15.0 Å². The number of morpholine rings is 1. The molecule has 2 aliphatic rings. The molecule has 2 saturated heterocycles. The Kier molecular flexibility index (Phi) is 4.66. The molecule has 0 amide bonds. The number of ether oxygens (including phenoxy) is 3. The number of hydrogen-bond donors (Lipinski definition) is 1. The molecule has 1 aromatic heterocycles. The zero-order valence-corrected chi connectivity index (χ0v) is 12.2. The van der Waals surface area contributed by atoms with Crippen molar-refractivity contribution in [3.63, 3.8) is 0 Å². The van der Waals surface area contributed by atoms with E-state index in [-0.39, 0.29) is 6.10 Å². The minimum Gasteiger partial charge on any atom is -0.460 e. The van der Waals surface area contributed by atoms with Crippen molar-refractivity contribution in [1.29, 1.82) is 0 Å². The average molecular weight is 295 g/mol. The van der Waals surface area contributed by atoms with Crippen molar-refractivity contribution in [2.24, 2.45) is 0 Å². The van der Waals surface area contributed by atoms with Crippen LogP contribution in [-0.2, 0) is 9.47 Å². The largest absolute Gasteiger partial charge is 0.460 e. The topological polar surface area (TPSA) is 81.6 Å². The number of hydrogen-bond acceptors (Lipinski definition) is 8. The second kappa shape index (κ2) is 6.86. The molecule has 116 valence electrons. The van der Waals surface area contributed by atoms with Gasteiger partial charge in [0.1, 0.15) is 6.10 Å². The van der Waals surface area contributed by atoms with Crippen molar-refractivity contribution in [3.8, 4) is 6.01 Å². The molecule has 3 heterocycles. The third kappa shape index (κ3) is 3.70. The molecule has 0 aromatic carbocycles. The molecule has 21 heavy (non-hydrogen) atoms. The fraction of sp³-hybridized carbons (Fsp3) is 0.769. The molecule has 1 aromatic rings. The summed E-state index contributed by atoms with van der Waals surface area (Å²) >= 11 is 0. The Labute approximate surface area is 123 Å². The highest BCUT2D eigenvalue weighted by molar-refractivity contribution is 5.38. The highest BCUT2D eigenvalue weighted by atomic mass is 16.5. The number of rotatable bonds is 4. The summed E-state index contributed by atoms with van der Waals surface area (Å²) in [5.74, 6) is 1.16. The summed E-state index contributed by atoms with van der Waals surface area (Å²) in [6.07, 6.45) is 1.85. The van der Waals surface area contributed by atoms with Crippen LogP contribution in [0.15, 0.2) is 0 Å². The van der Waals surface area contributed by atoms with E-state index in [1.54, 1.807) is 7.05 Å². The van der Waals surface area contributed by atoms with Crippen molar-refractivity contribution in [3.05, 3.63) is 0 Å². The molecule has 8 nitrogen and oxygen atoms in total. The van der Waals surface area contributed by atoms with Gasteiger partial charge in [0.05, 0.1) is 26.4 Å². The van der Waals surface area contributed by atoms with Crippen LogP contribution in [0.1, 0.15) is 12.8 Å². The van der Waals surface area contributed by atoms with Crippen LogP contribution in [0, 0.1) is 0 Å². The third-order valence-electron chi connectivity index (χ3n) is 3.56. The molecule has 3 rings (SSSR count). The van der Waals surface area contributed by atoms with Gasteiger partial charge in [0.15, 0.2) is 0 Å². The second-order valence-corrected chi connectivity index (χ2v) is 5.02. The summed E-state index contributed by atoms with van der Waals surface area (Å²) < 4.78 is 16.6. The summed E-state index contributed by atoms with van der Waals surface area (Å²) in [6, 6.07) is 0.378. The maximum atomic E-state index is 5.89. The minimum absolute atomic E-state index is 0.114. The normalized spacial score (nSPS) is 20.3. The van der Waals surface area contributed by atoms with E-state index >= 15 is 0 Å². The van der Waals surface area contributed by atoms with E-state index in [2.05, 4.69) is 25.2 Å². The average Bonchev–Trinajstić information content (AvgIpc) is 2.56. The molecule has 0 spiro atoms. The summed E-state index contributed by atoms with van der Waals surface area (Å²) in [5.41, 5.74) is 0. The first kappa shape index (κ1) is 14.3. The van der Waals surface area contributed by atoms with E-state index in [0.717, 1.165) is 39.1 Å². The van der Waals surface area contributed by atoms with E-state index in [9.17, 15) is 0 Å². The lowest BCUT2D eigenvalue weighted by Gasteiger charge is -2.27. The van der Waals surface area contributed by atoms with Gasteiger partial charge in [-0.15, -0.1) is 0 Å². The van der Waals surface area contributed by atoms with Gasteiger partial charge in [-0.05, 0) is 0 Å². The van der Waals surface area contributed by atoms with Crippen LogP contribution in [0.5, 0.6) is 6.01 Å². The standard InChI is InChI=1S/C13H21N5O3/c1-14-11-15-12(18-4-8-20-9-5-18)17-13(16-11)21-10-2-6-19-7-3-10/h10H,2-9H2,1H3,(H,14,15,16,17). The molecule has 0 radical (unpaired) electrons. The van der Waals surface area contributed by atoms with Crippen LogP contribution in [0.4, 0.5) is 11.9 Å². The van der Waals surface area contributed by atoms with Crippen LogP contribution in [0.25, 0.3) is 0 Å². The van der Waals surface area contributed by atoms with Crippen LogP contribution >= 0.6 is 0 Å². The zero-order valence-electron chi connectivity index (χ0n) is 12.2. The molecule has 0 bridgehead atoms. The summed E-state index contributed by atoms with van der Waals surface area (Å²) in [4.78, 5) is 15.2. The van der Waals surface area contributed by atoms with Gasteiger partial charge in [0.25, 0.3) is 0 Å². The van der Waals surface area contributed by atoms with Gasteiger partial charge >= 0.3 is 6.01 Å². The molecular weight excluding hydrogens is 274 g/mol. The van der Waals surface area contributed by atoms with Gasteiger partial charge in [0.2, 0.25) is 11.9 Å². The van der Waals surface area contributed by atoms with Crippen molar-refractivity contribution >= 4 is 11.9 Å². The zero-order chi connectivity index (χ0) is 14.5. The van der Waals surface area contributed by atoms with Gasteiger partial charge in [-0.25, -0.2) is 0 Å². The quantitative estimate of drug-likeness (QED) is 0.850. The van der Waals surface area contributed by atoms with Gasteiger partial charge < -0.3 is 24.4 Å². The highest BCUT2D eigenvalue weighted by Crippen LogP contribution is 2.19. The van der Waals surface area contributed by atoms with E-state index in [0.29, 0.717) is 31.1 Å². The predicted molar refractivity (Wildman–Crippen MR) is 76.9 cm³/mol. The molecule has 0 saturated carbocycles. The van der Waals surface area contributed by atoms with E-state index in [4.69, 9.17) is 14.2 Å². The Balaban J connectivity index is 1.75. The first-order valence-corrected chi connectivity index (χ1v) is 7.36. The van der Waals surface area contributed by atoms with Gasteiger partial charge in [-0.3, -0.25) is 0 Å². The second-order valence-electron chi connectivity index (χ2n) is 5.02. The van der Waals surface area contributed by atoms with Crippen molar-refractivity contribution < 1.29 is 14.2 Å². The van der Waals surface area contributed by atoms with E-state index in [1.165, 1.54) is 0 Å². The molecule has 2 aliphatic heterocycles. The summed E-state index contributed by atoms with van der Waals surface area (Å²) in [6.45, 7) is 4.40. The number of anilines is 2. The molecule has 1 N–H and O–H groups in total. The Morgan fingerprint density at radius 3 is 2.48 bits per heavy atom. The van der Waals surface area contributed by atoms with Gasteiger partial charge in [-0.2, -0.15) is 15.0 Å². The Hall–Kier alpha value is -1.67. The molecular formula is C13H21N5O3. The first-order valence-electron chi connectivity index (χ1n) is 7.36. The van der Waals surface area contributed by atoms with Crippen molar-refractivity contribution in [2.75, 3.05) is 56.8 Å². The summed E-state index contributed by atoms with van der Waals surface area (Å²) in [5, 5.41) is 2.96. The molecule has 0 unspecified atom stereocenters. The van der Waals surface area contributed by atoms with Crippen LogP contribution in [-0.4, -0.2) is 67.6 Å². The fourth-order valence-corrected chi connectivity index (χ4v) is 2.36. The summed E-state index contributed by atoms with van der Waals surface area (Å²) in [7, 11) is 1.79. The third-order valence-corrected chi connectivity index (χ3v) is 3.56. The molecule has 0 aliphatic carbocycles. The molecule has 0 atom stereocenters. The maximum Gasteiger partial charge on any atom is 0.323 e. The lowest BCUT2D eigenvalue weighted by Crippen LogP contribution is -2.37. The van der Waals surface area contributed by atoms with Gasteiger partial charge in [-0.1, -0.05) is 0 Å². The van der Waals surface area contributed by atoms with Crippen molar-refractivity contribution in [1.82, 2.24) is 15.0 Å². The SMILES string of the molecule is CNc1nc(OC2CCOCC2)nc(N2CCOCC2)n1. The smallest absolute Gasteiger partial charge is 0.323 e. The monoisotopic (exact) mass is 295 g/mol. The van der Waals surface area contributed by atoms with E-state index < -0.39 is 0 Å². The molecule has 2 fully saturated rings. The number of nitrogens with zero attached hydrogens (tertiary/aromatic N) is 4. The minimum atomic E-state index is 0.114. The Morgan fingerprint density at radius 1 is 1.05 bits per heavy atom. The number of nitrogens with one attached hydrogen (secondary N) is 1. The Bertz CT molecular complexity index is 461. The first-order chi connectivity index (χ1) is 10.3. The van der Waals surface area contributed by atoms with Crippen LogP contribution in [0.2, 0.25) is 0 Å². The van der Waals surface area contributed by atoms with Gasteiger partial charge in [0, 0.05) is 33.0 Å². The van der Waals surface area contributed by atoms with Crippen molar-refractivity contribution in [2.45, 2.75) is 18.9 Å². The maximum absolute atomic E-state index is 5.89. The van der Waals surface area contributed by atoms with Crippen LogP contribution in [0.3, 0.4) is 0 Å². The number of aromatic nitrogens is 3. The lowest BCUT2D eigenvalue weighted by atomic mass is 10.2. The highest BCUT2D eigenvalue weighted by Gasteiger charge is 2.20.